The maximum atomic E-state index is 5.69. The molecule has 0 unspecified atom stereocenters. The number of rotatable bonds is 5. The molecule has 0 atom stereocenters. The van der Waals surface area contributed by atoms with E-state index in [9.17, 15) is 0 Å². The molecule has 0 N–H and O–H groups in total. The van der Waals surface area contributed by atoms with Crippen molar-refractivity contribution >= 4 is 0 Å². The minimum atomic E-state index is 0.0736. The fourth-order valence-electron chi connectivity index (χ4n) is 1.42. The molecule has 11 heavy (non-hydrogen) atoms. The van der Waals surface area contributed by atoms with Crippen LogP contribution in [0.25, 0.3) is 0 Å². The Bertz CT molecular complexity index is 95.0. The van der Waals surface area contributed by atoms with Crippen molar-refractivity contribution in [2.75, 3.05) is 6.61 Å². The Morgan fingerprint density at radius 3 is 2.18 bits per heavy atom. The van der Waals surface area contributed by atoms with Crippen molar-refractivity contribution in [3.63, 3.8) is 0 Å². The number of ether oxygens (including phenoxy) is 1. The Kier molecular flexibility index (Phi) is 4.74. The zero-order valence-corrected chi connectivity index (χ0v) is 8.61. The van der Waals surface area contributed by atoms with E-state index < -0.39 is 0 Å². The van der Waals surface area contributed by atoms with E-state index >= 15 is 0 Å². The Labute approximate surface area is 71.1 Å². The third-order valence-corrected chi connectivity index (χ3v) is 1.60. The van der Waals surface area contributed by atoms with Crippen LogP contribution in [0, 0.1) is 5.92 Å². The van der Waals surface area contributed by atoms with Gasteiger partial charge in [0.2, 0.25) is 0 Å². The second-order valence-corrected chi connectivity index (χ2v) is 4.21. The molecule has 68 valence electrons. The molecule has 0 saturated carbocycles. The van der Waals surface area contributed by atoms with E-state index in [0.717, 1.165) is 25.4 Å². The van der Waals surface area contributed by atoms with Gasteiger partial charge in [-0.2, -0.15) is 0 Å². The Hall–Kier alpha value is -0.0400. The van der Waals surface area contributed by atoms with Gasteiger partial charge in [0, 0.05) is 6.61 Å². The maximum absolute atomic E-state index is 5.69. The number of hydrogen-bond donors (Lipinski definition) is 0. The van der Waals surface area contributed by atoms with E-state index in [2.05, 4.69) is 34.6 Å². The van der Waals surface area contributed by atoms with Gasteiger partial charge < -0.3 is 4.74 Å². The fraction of sp³-hybridized carbons (Fsp3) is 1.00. The predicted octanol–water partition coefficient (Wildman–Crippen LogP) is 3.24. The first-order chi connectivity index (χ1) is 4.98. The monoisotopic (exact) mass is 158 g/mol. The van der Waals surface area contributed by atoms with Gasteiger partial charge in [0.1, 0.15) is 0 Å². The summed E-state index contributed by atoms with van der Waals surface area (Å²) in [6.45, 7) is 11.8. The molecule has 0 rings (SSSR count). The highest BCUT2D eigenvalue weighted by Gasteiger charge is 2.18. The summed E-state index contributed by atoms with van der Waals surface area (Å²) < 4.78 is 5.69. The summed E-state index contributed by atoms with van der Waals surface area (Å²) in [7, 11) is 0. The highest BCUT2D eigenvalue weighted by atomic mass is 16.5. The highest BCUT2D eigenvalue weighted by molar-refractivity contribution is 4.69. The van der Waals surface area contributed by atoms with Crippen molar-refractivity contribution in [1.82, 2.24) is 0 Å². The van der Waals surface area contributed by atoms with Crippen molar-refractivity contribution in [2.24, 2.45) is 5.92 Å². The van der Waals surface area contributed by atoms with E-state index in [1.165, 1.54) is 0 Å². The van der Waals surface area contributed by atoms with Crippen LogP contribution < -0.4 is 0 Å². The molecular weight excluding hydrogens is 136 g/mol. The Balaban J connectivity index is 3.61. The molecule has 0 amide bonds. The summed E-state index contributed by atoms with van der Waals surface area (Å²) in [5.41, 5.74) is 0.0736. The molecule has 0 spiro atoms. The van der Waals surface area contributed by atoms with Crippen LogP contribution in [0.2, 0.25) is 0 Å². The van der Waals surface area contributed by atoms with E-state index in [0.29, 0.717) is 0 Å². The van der Waals surface area contributed by atoms with Crippen molar-refractivity contribution in [1.29, 1.82) is 0 Å². The third-order valence-electron chi connectivity index (χ3n) is 1.60. The van der Waals surface area contributed by atoms with Gasteiger partial charge in [0.05, 0.1) is 5.60 Å². The van der Waals surface area contributed by atoms with E-state index in [-0.39, 0.29) is 5.60 Å². The van der Waals surface area contributed by atoms with E-state index in [1.807, 2.05) is 0 Å². The van der Waals surface area contributed by atoms with Gasteiger partial charge in [0.25, 0.3) is 0 Å². The molecule has 1 nitrogen and oxygen atoms in total. The molecule has 0 heterocycles. The van der Waals surface area contributed by atoms with Gasteiger partial charge in [-0.3, -0.25) is 0 Å². The molecule has 0 aromatic carbocycles. The van der Waals surface area contributed by atoms with Gasteiger partial charge >= 0.3 is 0 Å². The van der Waals surface area contributed by atoms with E-state index in [4.69, 9.17) is 4.74 Å². The summed E-state index contributed by atoms with van der Waals surface area (Å²) in [5, 5.41) is 0. The standard InChI is InChI=1S/C10H22O/c1-6-7-11-10(4,5)8-9(2)3/h9H,6-8H2,1-5H3. The minimum Gasteiger partial charge on any atom is -0.376 e. The van der Waals surface area contributed by atoms with Crippen molar-refractivity contribution < 1.29 is 4.74 Å². The molecule has 0 bridgehead atoms. The molecule has 0 radical (unpaired) electrons. The molecule has 0 saturated heterocycles. The zero-order valence-electron chi connectivity index (χ0n) is 8.61. The molecule has 0 aliphatic carbocycles. The van der Waals surface area contributed by atoms with Crippen molar-refractivity contribution in [3.05, 3.63) is 0 Å². The van der Waals surface area contributed by atoms with Crippen LogP contribution in [0.1, 0.15) is 47.5 Å². The predicted molar refractivity (Wildman–Crippen MR) is 49.8 cm³/mol. The lowest BCUT2D eigenvalue weighted by Crippen LogP contribution is -2.26. The summed E-state index contributed by atoms with van der Waals surface area (Å²) in [6, 6.07) is 0. The molecular formula is C10H22O. The third kappa shape index (κ3) is 6.36. The molecule has 0 aromatic rings. The summed E-state index contributed by atoms with van der Waals surface area (Å²) in [5.74, 6) is 0.724. The van der Waals surface area contributed by atoms with Gasteiger partial charge in [-0.25, -0.2) is 0 Å². The lowest BCUT2D eigenvalue weighted by Gasteiger charge is -2.26. The molecule has 0 aromatic heterocycles. The zero-order chi connectivity index (χ0) is 8.91. The van der Waals surface area contributed by atoms with Crippen LogP contribution in [0.3, 0.4) is 0 Å². The average Bonchev–Trinajstić information content (AvgIpc) is 1.81. The van der Waals surface area contributed by atoms with Gasteiger partial charge in [-0.1, -0.05) is 20.8 Å². The van der Waals surface area contributed by atoms with Crippen LogP contribution in [0.15, 0.2) is 0 Å². The topological polar surface area (TPSA) is 9.23 Å². The van der Waals surface area contributed by atoms with Gasteiger partial charge in [-0.15, -0.1) is 0 Å². The summed E-state index contributed by atoms with van der Waals surface area (Å²) in [4.78, 5) is 0. The first-order valence-corrected chi connectivity index (χ1v) is 4.62. The van der Waals surface area contributed by atoms with Gasteiger partial charge in [-0.05, 0) is 32.6 Å². The van der Waals surface area contributed by atoms with Gasteiger partial charge in [0.15, 0.2) is 0 Å². The smallest absolute Gasteiger partial charge is 0.0628 e. The summed E-state index contributed by atoms with van der Waals surface area (Å²) in [6.07, 6.45) is 2.26. The Morgan fingerprint density at radius 1 is 1.27 bits per heavy atom. The lowest BCUT2D eigenvalue weighted by molar-refractivity contribution is -0.0308. The lowest BCUT2D eigenvalue weighted by atomic mass is 9.96. The summed E-state index contributed by atoms with van der Waals surface area (Å²) >= 11 is 0. The number of hydrogen-bond acceptors (Lipinski definition) is 1. The second-order valence-electron chi connectivity index (χ2n) is 4.21. The van der Waals surface area contributed by atoms with Crippen LogP contribution in [0.5, 0.6) is 0 Å². The molecule has 0 aliphatic rings. The minimum absolute atomic E-state index is 0.0736. The van der Waals surface area contributed by atoms with Crippen LogP contribution in [0.4, 0.5) is 0 Å². The highest BCUT2D eigenvalue weighted by Crippen LogP contribution is 2.19. The van der Waals surface area contributed by atoms with Crippen molar-refractivity contribution in [3.8, 4) is 0 Å². The molecule has 0 aliphatic heterocycles. The van der Waals surface area contributed by atoms with Crippen LogP contribution in [-0.4, -0.2) is 12.2 Å². The molecule has 1 heteroatoms. The first-order valence-electron chi connectivity index (χ1n) is 4.62. The average molecular weight is 158 g/mol. The largest absolute Gasteiger partial charge is 0.376 e. The maximum Gasteiger partial charge on any atom is 0.0628 e. The second kappa shape index (κ2) is 4.76. The van der Waals surface area contributed by atoms with Crippen molar-refractivity contribution in [2.45, 2.75) is 53.1 Å². The fourth-order valence-corrected chi connectivity index (χ4v) is 1.42. The molecule has 0 fully saturated rings. The first kappa shape index (κ1) is 11.0. The normalized spacial score (nSPS) is 12.5. The quantitative estimate of drug-likeness (QED) is 0.597. The van der Waals surface area contributed by atoms with E-state index in [1.54, 1.807) is 0 Å². The SMILES string of the molecule is CCCOC(C)(C)CC(C)C. The Morgan fingerprint density at radius 2 is 1.82 bits per heavy atom. The van der Waals surface area contributed by atoms with Crippen LogP contribution in [-0.2, 0) is 4.74 Å². The van der Waals surface area contributed by atoms with Crippen LogP contribution >= 0.6 is 0 Å².